The number of aliphatic carboxylic acids is 1. The van der Waals surface area contributed by atoms with Gasteiger partial charge in [-0.2, -0.15) is 4.98 Å². The maximum absolute atomic E-state index is 10.8. The molecule has 1 fully saturated rings. The molecule has 0 unspecified atom stereocenters. The van der Waals surface area contributed by atoms with E-state index in [0.717, 1.165) is 0 Å². The molecular formula is C11H14ClN4O2-. The monoisotopic (exact) mass is 269 g/mol. The number of nitrogens with zero attached hydrogens (tertiary/aromatic N) is 3. The summed E-state index contributed by atoms with van der Waals surface area (Å²) in [4.78, 5) is 20.8. The van der Waals surface area contributed by atoms with Gasteiger partial charge in [0.2, 0.25) is 5.28 Å². The lowest BCUT2D eigenvalue weighted by molar-refractivity contribution is -0.312. The number of nitrogens with two attached hydrogens (primary N) is 1. The summed E-state index contributed by atoms with van der Waals surface area (Å²) in [6, 6.07) is 0. The first-order valence-electron chi connectivity index (χ1n) is 5.74. The standard InChI is InChI=1S/C11H15ClN4O2/c1-6-8(13)9(15-11(12)14-6)16-4-2-7(3-5-16)10(17)18/h7H,2-5,13H2,1H3,(H,17,18)/p-1. The maximum atomic E-state index is 10.8. The molecule has 0 atom stereocenters. The van der Waals surface area contributed by atoms with Crippen LogP contribution in [0.2, 0.25) is 5.28 Å². The summed E-state index contributed by atoms with van der Waals surface area (Å²) in [6.07, 6.45) is 1.06. The zero-order valence-electron chi connectivity index (χ0n) is 10.0. The molecule has 0 amide bonds. The highest BCUT2D eigenvalue weighted by Crippen LogP contribution is 2.28. The van der Waals surface area contributed by atoms with Gasteiger partial charge in [0, 0.05) is 25.0 Å². The Morgan fingerprint density at radius 2 is 2.06 bits per heavy atom. The van der Waals surface area contributed by atoms with Crippen LogP contribution in [0.25, 0.3) is 0 Å². The van der Waals surface area contributed by atoms with Gasteiger partial charge in [-0.3, -0.25) is 0 Å². The number of hydrogen-bond donors (Lipinski definition) is 1. The van der Waals surface area contributed by atoms with E-state index < -0.39 is 5.97 Å². The maximum Gasteiger partial charge on any atom is 0.224 e. The van der Waals surface area contributed by atoms with Crippen molar-refractivity contribution in [3.63, 3.8) is 0 Å². The first-order chi connectivity index (χ1) is 8.49. The summed E-state index contributed by atoms with van der Waals surface area (Å²) < 4.78 is 0. The Morgan fingerprint density at radius 1 is 1.44 bits per heavy atom. The largest absolute Gasteiger partial charge is 0.550 e. The minimum Gasteiger partial charge on any atom is -0.550 e. The summed E-state index contributed by atoms with van der Waals surface area (Å²) in [6.45, 7) is 2.92. The predicted octanol–water partition coefficient (Wildman–Crippen LogP) is -0.0131. The number of halogens is 1. The molecule has 0 spiro atoms. The summed E-state index contributed by atoms with van der Waals surface area (Å²) >= 11 is 5.81. The van der Waals surface area contributed by atoms with Gasteiger partial charge < -0.3 is 20.5 Å². The van der Waals surface area contributed by atoms with E-state index in [1.807, 2.05) is 4.90 Å². The Kier molecular flexibility index (Phi) is 3.56. The van der Waals surface area contributed by atoms with Crippen LogP contribution < -0.4 is 15.7 Å². The molecule has 2 heterocycles. The molecular weight excluding hydrogens is 256 g/mol. The van der Waals surface area contributed by atoms with E-state index in [0.29, 0.717) is 43.1 Å². The third-order valence-electron chi connectivity index (χ3n) is 3.22. The van der Waals surface area contributed by atoms with E-state index >= 15 is 0 Å². The van der Waals surface area contributed by atoms with Crippen LogP contribution in [0.15, 0.2) is 0 Å². The van der Waals surface area contributed by atoms with Gasteiger partial charge in [-0.15, -0.1) is 0 Å². The number of anilines is 2. The van der Waals surface area contributed by atoms with Crippen LogP contribution in [0.3, 0.4) is 0 Å². The van der Waals surface area contributed by atoms with Gasteiger partial charge >= 0.3 is 0 Å². The molecule has 1 aromatic rings. The smallest absolute Gasteiger partial charge is 0.224 e. The summed E-state index contributed by atoms with van der Waals surface area (Å²) in [5.41, 5.74) is 7.05. The number of piperidine rings is 1. The van der Waals surface area contributed by atoms with Crippen molar-refractivity contribution in [3.05, 3.63) is 11.0 Å². The molecule has 0 aromatic carbocycles. The first-order valence-corrected chi connectivity index (χ1v) is 6.12. The number of carbonyl (C=O) groups excluding carboxylic acids is 1. The van der Waals surface area contributed by atoms with Gasteiger partial charge in [0.05, 0.1) is 11.4 Å². The fourth-order valence-electron chi connectivity index (χ4n) is 2.10. The Morgan fingerprint density at radius 3 is 2.61 bits per heavy atom. The molecule has 1 aliphatic rings. The van der Waals surface area contributed by atoms with E-state index in [1.165, 1.54) is 0 Å². The van der Waals surface area contributed by atoms with Gasteiger partial charge in [0.15, 0.2) is 5.82 Å². The second kappa shape index (κ2) is 4.97. The fraction of sp³-hybridized carbons (Fsp3) is 0.545. The highest BCUT2D eigenvalue weighted by molar-refractivity contribution is 6.28. The topological polar surface area (TPSA) is 95.2 Å². The van der Waals surface area contributed by atoms with Gasteiger partial charge in [-0.25, -0.2) is 4.98 Å². The molecule has 2 rings (SSSR count). The molecule has 1 aromatic heterocycles. The van der Waals surface area contributed by atoms with Crippen LogP contribution >= 0.6 is 11.6 Å². The summed E-state index contributed by atoms with van der Waals surface area (Å²) in [5.74, 6) is -0.787. The molecule has 0 aliphatic carbocycles. The van der Waals surface area contributed by atoms with E-state index in [4.69, 9.17) is 17.3 Å². The minimum absolute atomic E-state index is 0.152. The predicted molar refractivity (Wildman–Crippen MR) is 66.1 cm³/mol. The van der Waals surface area contributed by atoms with Crippen LogP contribution in [0.5, 0.6) is 0 Å². The Labute approximate surface area is 110 Å². The number of hydrogen-bond acceptors (Lipinski definition) is 6. The SMILES string of the molecule is Cc1nc(Cl)nc(N2CCC(C(=O)[O-])CC2)c1N. The van der Waals surface area contributed by atoms with E-state index in [1.54, 1.807) is 6.92 Å². The van der Waals surface area contributed by atoms with Gasteiger partial charge in [0.25, 0.3) is 0 Å². The van der Waals surface area contributed by atoms with Crippen LogP contribution in [0.1, 0.15) is 18.5 Å². The van der Waals surface area contributed by atoms with E-state index in [9.17, 15) is 9.90 Å². The molecule has 0 bridgehead atoms. The number of aromatic nitrogens is 2. The van der Waals surface area contributed by atoms with Crippen LogP contribution in [0, 0.1) is 12.8 Å². The number of carboxylic acids is 1. The first kappa shape index (κ1) is 12.9. The molecule has 2 N–H and O–H groups in total. The van der Waals surface area contributed by atoms with Crippen molar-refractivity contribution in [2.45, 2.75) is 19.8 Å². The Bertz CT molecular complexity index is 472. The fourth-order valence-corrected chi connectivity index (χ4v) is 2.31. The van der Waals surface area contributed by atoms with Crippen LogP contribution in [-0.4, -0.2) is 29.0 Å². The van der Waals surface area contributed by atoms with E-state index in [-0.39, 0.29) is 11.2 Å². The lowest BCUT2D eigenvalue weighted by Crippen LogP contribution is -2.41. The lowest BCUT2D eigenvalue weighted by atomic mass is 9.97. The Hall–Kier alpha value is -1.56. The second-order valence-corrected chi connectivity index (χ2v) is 4.73. The third kappa shape index (κ3) is 2.48. The highest BCUT2D eigenvalue weighted by atomic mass is 35.5. The molecule has 18 heavy (non-hydrogen) atoms. The van der Waals surface area contributed by atoms with Crippen molar-refractivity contribution in [2.24, 2.45) is 5.92 Å². The molecule has 0 radical (unpaired) electrons. The van der Waals surface area contributed by atoms with Crippen LogP contribution in [0.4, 0.5) is 11.5 Å². The normalized spacial score (nSPS) is 16.9. The zero-order valence-corrected chi connectivity index (χ0v) is 10.8. The average Bonchev–Trinajstić information content (AvgIpc) is 2.34. The number of carbonyl (C=O) groups is 1. The average molecular weight is 270 g/mol. The van der Waals surface area contributed by atoms with Crippen molar-refractivity contribution in [2.75, 3.05) is 23.7 Å². The molecule has 6 nitrogen and oxygen atoms in total. The molecule has 98 valence electrons. The quantitative estimate of drug-likeness (QED) is 0.759. The highest BCUT2D eigenvalue weighted by Gasteiger charge is 2.23. The van der Waals surface area contributed by atoms with Gasteiger partial charge in [-0.1, -0.05) is 0 Å². The number of nitrogen functional groups attached to an aromatic ring is 1. The lowest BCUT2D eigenvalue weighted by Gasteiger charge is -2.33. The third-order valence-corrected chi connectivity index (χ3v) is 3.39. The van der Waals surface area contributed by atoms with Gasteiger partial charge in [-0.05, 0) is 31.4 Å². The molecule has 0 saturated carbocycles. The van der Waals surface area contributed by atoms with Crippen molar-refractivity contribution in [3.8, 4) is 0 Å². The second-order valence-electron chi connectivity index (χ2n) is 4.40. The molecule has 1 saturated heterocycles. The number of carboxylic acid groups (broad SMARTS) is 1. The Balaban J connectivity index is 2.17. The summed E-state index contributed by atoms with van der Waals surface area (Å²) in [5, 5.41) is 10.9. The molecule has 7 heteroatoms. The molecule has 1 aliphatic heterocycles. The van der Waals surface area contributed by atoms with Crippen molar-refractivity contribution < 1.29 is 9.90 Å². The zero-order chi connectivity index (χ0) is 13.3. The minimum atomic E-state index is -0.987. The van der Waals surface area contributed by atoms with Gasteiger partial charge in [0.1, 0.15) is 0 Å². The van der Waals surface area contributed by atoms with E-state index in [2.05, 4.69) is 9.97 Å². The van der Waals surface area contributed by atoms with Crippen LogP contribution in [-0.2, 0) is 4.79 Å². The van der Waals surface area contributed by atoms with Crippen molar-refractivity contribution in [1.82, 2.24) is 9.97 Å². The van der Waals surface area contributed by atoms with Crippen molar-refractivity contribution >= 4 is 29.1 Å². The number of rotatable bonds is 2. The number of aryl methyl sites for hydroxylation is 1. The summed E-state index contributed by atoms with van der Waals surface area (Å²) in [7, 11) is 0. The van der Waals surface area contributed by atoms with Crippen molar-refractivity contribution in [1.29, 1.82) is 0 Å².